The van der Waals surface area contributed by atoms with Crippen LogP contribution in [0.15, 0.2) is 5.16 Å². The van der Waals surface area contributed by atoms with Gasteiger partial charge >= 0.3 is 5.97 Å². The quantitative estimate of drug-likeness (QED) is 0.879. The third kappa shape index (κ3) is 2.54. The Morgan fingerprint density at radius 1 is 1.48 bits per heavy atom. The summed E-state index contributed by atoms with van der Waals surface area (Å²) in [5.41, 5.74) is 2.80. The summed E-state index contributed by atoms with van der Waals surface area (Å²) in [7, 11) is 1.93. The summed E-state index contributed by atoms with van der Waals surface area (Å²) in [6, 6.07) is 0.399. The molecule has 0 amide bonds. The third-order valence-electron chi connectivity index (χ3n) is 4.16. The van der Waals surface area contributed by atoms with Gasteiger partial charge in [0.05, 0.1) is 11.4 Å². The summed E-state index contributed by atoms with van der Waals surface area (Å²) in [5.74, 6) is -0.0646. The van der Waals surface area contributed by atoms with E-state index in [1.165, 1.54) is 18.2 Å². The highest BCUT2D eigenvalue weighted by Gasteiger charge is 2.29. The molecule has 0 saturated heterocycles. The van der Waals surface area contributed by atoms with Crippen LogP contribution in [0.3, 0.4) is 0 Å². The molecule has 1 saturated carbocycles. The molecule has 7 heteroatoms. The Hall–Kier alpha value is -1.50. The number of fused-ring (bicyclic) bond motifs is 1. The van der Waals surface area contributed by atoms with E-state index >= 15 is 0 Å². The van der Waals surface area contributed by atoms with Crippen molar-refractivity contribution >= 4 is 28.9 Å². The second-order valence-corrected chi connectivity index (χ2v) is 6.84. The zero-order chi connectivity index (χ0) is 15.1. The number of hydrogen-bond acceptors (Lipinski definition) is 4. The van der Waals surface area contributed by atoms with Crippen LogP contribution in [0.5, 0.6) is 0 Å². The minimum absolute atomic E-state index is 0.0398. The van der Waals surface area contributed by atoms with Gasteiger partial charge in [-0.05, 0) is 32.1 Å². The molecule has 2 aromatic rings. The van der Waals surface area contributed by atoms with Gasteiger partial charge in [-0.1, -0.05) is 18.7 Å². The summed E-state index contributed by atoms with van der Waals surface area (Å²) in [6.45, 7) is 4.22. The van der Waals surface area contributed by atoms with E-state index in [1.54, 1.807) is 0 Å². The number of rotatable bonds is 4. The summed E-state index contributed by atoms with van der Waals surface area (Å²) < 4.78 is 4.08. The topological polar surface area (TPSA) is 72.9 Å². The highest BCUT2D eigenvalue weighted by Crippen LogP contribution is 2.39. The lowest BCUT2D eigenvalue weighted by Crippen LogP contribution is -2.11. The second-order valence-electron chi connectivity index (χ2n) is 5.90. The number of nitrogens with zero attached hydrogens (tertiary/aromatic N) is 4. The predicted octanol–water partition coefficient (Wildman–Crippen LogP) is 2.62. The van der Waals surface area contributed by atoms with Gasteiger partial charge in [-0.15, -0.1) is 0 Å². The Bertz CT molecular complexity index is 691. The van der Waals surface area contributed by atoms with E-state index in [1.807, 2.05) is 18.7 Å². The third-order valence-corrected chi connectivity index (χ3v) is 5.10. The molecule has 1 N–H and O–H groups in total. The van der Waals surface area contributed by atoms with Crippen molar-refractivity contribution in [3.05, 3.63) is 5.69 Å². The van der Waals surface area contributed by atoms with E-state index in [-0.39, 0.29) is 5.75 Å². The standard InChI is InChI=1S/C14H20N4O2S/c1-8-4-5-10(6-8)18-13-12(9(2)16-17(13)3)15-14(18)21-7-11(19)20/h8,10H,4-7H2,1-3H3,(H,19,20). The molecule has 2 heterocycles. The van der Waals surface area contributed by atoms with Crippen molar-refractivity contribution in [3.63, 3.8) is 0 Å². The zero-order valence-corrected chi connectivity index (χ0v) is 13.4. The molecule has 114 valence electrons. The van der Waals surface area contributed by atoms with Crippen LogP contribution in [-0.4, -0.2) is 36.2 Å². The fourth-order valence-corrected chi connectivity index (χ4v) is 4.03. The zero-order valence-electron chi connectivity index (χ0n) is 12.5. The highest BCUT2D eigenvalue weighted by molar-refractivity contribution is 7.99. The molecule has 6 nitrogen and oxygen atoms in total. The number of thioether (sulfide) groups is 1. The Morgan fingerprint density at radius 3 is 2.86 bits per heavy atom. The molecule has 3 rings (SSSR count). The first-order valence-electron chi connectivity index (χ1n) is 7.23. The first kappa shape index (κ1) is 14.4. The number of aryl methyl sites for hydroxylation is 2. The van der Waals surface area contributed by atoms with Gasteiger partial charge in [0.15, 0.2) is 10.8 Å². The molecular weight excluding hydrogens is 288 g/mol. The summed E-state index contributed by atoms with van der Waals surface area (Å²) in [4.78, 5) is 15.5. The van der Waals surface area contributed by atoms with Crippen LogP contribution in [0.4, 0.5) is 0 Å². The average Bonchev–Trinajstić information content (AvgIpc) is 3.05. The van der Waals surface area contributed by atoms with Crippen molar-refractivity contribution in [2.45, 2.75) is 44.3 Å². The lowest BCUT2D eigenvalue weighted by molar-refractivity contribution is -0.133. The molecule has 2 aromatic heterocycles. The van der Waals surface area contributed by atoms with Crippen LogP contribution >= 0.6 is 11.8 Å². The lowest BCUT2D eigenvalue weighted by Gasteiger charge is -2.16. The number of aliphatic carboxylic acids is 1. The largest absolute Gasteiger partial charge is 0.481 e. The fourth-order valence-electron chi connectivity index (χ4n) is 3.24. The monoisotopic (exact) mass is 308 g/mol. The maximum absolute atomic E-state index is 10.9. The van der Waals surface area contributed by atoms with Crippen molar-refractivity contribution in [2.75, 3.05) is 5.75 Å². The van der Waals surface area contributed by atoms with Crippen molar-refractivity contribution in [1.82, 2.24) is 19.3 Å². The second kappa shape index (κ2) is 5.36. The molecule has 1 fully saturated rings. The van der Waals surface area contributed by atoms with Crippen LogP contribution in [0.1, 0.15) is 37.9 Å². The van der Waals surface area contributed by atoms with Gasteiger partial charge in [-0.3, -0.25) is 9.48 Å². The van der Waals surface area contributed by atoms with Crippen LogP contribution in [0.25, 0.3) is 11.2 Å². The minimum Gasteiger partial charge on any atom is -0.481 e. The van der Waals surface area contributed by atoms with Gasteiger partial charge < -0.3 is 9.67 Å². The van der Waals surface area contributed by atoms with E-state index < -0.39 is 5.97 Å². The summed E-state index contributed by atoms with van der Waals surface area (Å²) >= 11 is 1.30. The molecule has 0 aliphatic heterocycles. The van der Waals surface area contributed by atoms with Gasteiger partial charge in [0.2, 0.25) is 0 Å². The fraction of sp³-hybridized carbons (Fsp3) is 0.643. The molecular formula is C14H20N4O2S. The number of hydrogen-bond donors (Lipinski definition) is 1. The van der Waals surface area contributed by atoms with Gasteiger partial charge in [0, 0.05) is 13.1 Å². The predicted molar refractivity (Wildman–Crippen MR) is 81.6 cm³/mol. The van der Waals surface area contributed by atoms with Gasteiger partial charge in [-0.2, -0.15) is 5.10 Å². The molecule has 0 bridgehead atoms. The van der Waals surface area contributed by atoms with Crippen molar-refractivity contribution in [3.8, 4) is 0 Å². The molecule has 2 atom stereocenters. The van der Waals surface area contributed by atoms with E-state index in [0.717, 1.165) is 34.9 Å². The lowest BCUT2D eigenvalue weighted by atomic mass is 10.1. The van der Waals surface area contributed by atoms with Crippen LogP contribution < -0.4 is 0 Å². The molecule has 0 spiro atoms. The first-order valence-corrected chi connectivity index (χ1v) is 8.22. The molecule has 0 radical (unpaired) electrons. The number of carboxylic acids is 1. The Balaban J connectivity index is 2.07. The highest BCUT2D eigenvalue weighted by atomic mass is 32.2. The average molecular weight is 308 g/mol. The normalized spacial score (nSPS) is 22.2. The van der Waals surface area contributed by atoms with Crippen LogP contribution in [-0.2, 0) is 11.8 Å². The summed E-state index contributed by atoms with van der Waals surface area (Å²) in [5, 5.41) is 14.2. The number of imidazole rings is 1. The number of carbonyl (C=O) groups is 1. The Labute approximate surface area is 127 Å². The van der Waals surface area contributed by atoms with Crippen molar-refractivity contribution in [2.24, 2.45) is 13.0 Å². The maximum Gasteiger partial charge on any atom is 0.313 e. The smallest absolute Gasteiger partial charge is 0.313 e. The molecule has 1 aliphatic rings. The van der Waals surface area contributed by atoms with Crippen LogP contribution in [0.2, 0.25) is 0 Å². The number of carboxylic acid groups (broad SMARTS) is 1. The van der Waals surface area contributed by atoms with Gasteiger partial charge in [-0.25, -0.2) is 4.98 Å². The van der Waals surface area contributed by atoms with Gasteiger partial charge in [0.25, 0.3) is 0 Å². The first-order chi connectivity index (χ1) is 9.97. The summed E-state index contributed by atoms with van der Waals surface area (Å²) in [6.07, 6.45) is 3.46. The molecule has 2 unspecified atom stereocenters. The number of aromatic nitrogens is 4. The van der Waals surface area contributed by atoms with Crippen molar-refractivity contribution in [1.29, 1.82) is 0 Å². The molecule has 1 aliphatic carbocycles. The van der Waals surface area contributed by atoms with Gasteiger partial charge in [0.1, 0.15) is 5.52 Å². The van der Waals surface area contributed by atoms with E-state index in [4.69, 9.17) is 5.11 Å². The molecule has 0 aromatic carbocycles. The Morgan fingerprint density at radius 2 is 2.24 bits per heavy atom. The minimum atomic E-state index is -0.812. The molecule has 21 heavy (non-hydrogen) atoms. The van der Waals surface area contributed by atoms with E-state index in [2.05, 4.69) is 21.6 Å². The van der Waals surface area contributed by atoms with Crippen LogP contribution in [0, 0.1) is 12.8 Å². The van der Waals surface area contributed by atoms with E-state index in [9.17, 15) is 4.79 Å². The maximum atomic E-state index is 10.9. The Kier molecular flexibility index (Phi) is 3.69. The SMILES string of the molecule is Cc1nn(C)c2c1nc(SCC(=O)O)n2C1CCC(C)C1. The van der Waals surface area contributed by atoms with Crippen molar-refractivity contribution < 1.29 is 9.90 Å². The van der Waals surface area contributed by atoms with E-state index in [0.29, 0.717) is 12.0 Å².